The van der Waals surface area contributed by atoms with Gasteiger partial charge in [0.25, 0.3) is 0 Å². The fourth-order valence-electron chi connectivity index (χ4n) is 9.01. The monoisotopic (exact) mass is 467 g/mol. The number of fused-ring (bicyclic) bond motifs is 9. The van der Waals surface area contributed by atoms with Crippen molar-refractivity contribution in [3.05, 3.63) is 96.1 Å². The van der Waals surface area contributed by atoms with E-state index in [1.807, 2.05) is 6.07 Å². The Kier molecular flexibility index (Phi) is 3.61. The van der Waals surface area contributed by atoms with E-state index in [0.717, 1.165) is 40.5 Å². The number of hydrogen-bond donors (Lipinski definition) is 0. The Morgan fingerprint density at radius 3 is 2.53 bits per heavy atom. The van der Waals surface area contributed by atoms with Crippen LogP contribution in [0.2, 0.25) is 0 Å². The van der Waals surface area contributed by atoms with Gasteiger partial charge in [-0.1, -0.05) is 60.7 Å². The molecule has 1 heterocycles. The van der Waals surface area contributed by atoms with Crippen molar-refractivity contribution in [1.29, 1.82) is 0 Å². The van der Waals surface area contributed by atoms with Crippen LogP contribution in [-0.4, -0.2) is 7.05 Å². The molecule has 4 aromatic carbocycles. The lowest BCUT2D eigenvalue weighted by Gasteiger charge is -2.67. The number of rotatable bonds is 2. The first-order valence-electron chi connectivity index (χ1n) is 13.6. The Bertz CT molecular complexity index is 1710. The molecule has 4 aliphatic rings. The van der Waals surface area contributed by atoms with Crippen molar-refractivity contribution in [3.63, 3.8) is 0 Å². The van der Waals surface area contributed by atoms with Gasteiger partial charge in [0.2, 0.25) is 0 Å². The quantitative estimate of drug-likeness (QED) is 0.257. The molecule has 176 valence electrons. The van der Waals surface area contributed by atoms with Gasteiger partial charge < -0.3 is 9.32 Å². The van der Waals surface area contributed by atoms with Crippen LogP contribution in [0.5, 0.6) is 0 Å². The van der Waals surface area contributed by atoms with Crippen molar-refractivity contribution < 1.29 is 4.42 Å². The summed E-state index contributed by atoms with van der Waals surface area (Å²) in [4.78, 5) is 2.31. The lowest BCUT2D eigenvalue weighted by molar-refractivity contribution is -0.144. The number of para-hydroxylation sites is 2. The van der Waals surface area contributed by atoms with Gasteiger partial charge in [0.05, 0.1) is 5.69 Å². The molecular weight excluding hydrogens is 438 g/mol. The van der Waals surface area contributed by atoms with E-state index in [9.17, 15) is 0 Å². The SMILES string of the molecule is CN(c1ccc2c(c1)-c1ccccc1C1CC3CC4CC2C34C1)c1cccc2c1oc1ccccc12. The predicted octanol–water partition coefficient (Wildman–Crippen LogP) is 9.02. The van der Waals surface area contributed by atoms with Gasteiger partial charge in [-0.3, -0.25) is 0 Å². The van der Waals surface area contributed by atoms with E-state index in [0.29, 0.717) is 5.41 Å². The topological polar surface area (TPSA) is 16.4 Å². The summed E-state index contributed by atoms with van der Waals surface area (Å²) >= 11 is 0. The van der Waals surface area contributed by atoms with Gasteiger partial charge in [-0.25, -0.2) is 0 Å². The first kappa shape index (κ1) is 19.6. The number of benzene rings is 4. The van der Waals surface area contributed by atoms with Gasteiger partial charge >= 0.3 is 0 Å². The third kappa shape index (κ3) is 2.25. The van der Waals surface area contributed by atoms with Gasteiger partial charge in [-0.2, -0.15) is 0 Å². The van der Waals surface area contributed by atoms with Crippen LogP contribution in [0, 0.1) is 17.3 Å². The fourth-order valence-corrected chi connectivity index (χ4v) is 9.01. The standard InChI is InChI=1S/C34H29NO/c1-35(31-11-6-10-28-27-9-4-5-12-32(27)36-33(28)31)23-13-14-26-29(18-23)25-8-3-2-7-24(25)20-15-21-16-22-17-30(26)34(21,22)19-20/h2-14,18,20-22,30H,15-17,19H2,1H3. The van der Waals surface area contributed by atoms with Crippen molar-refractivity contribution in [1.82, 2.24) is 0 Å². The normalized spacial score (nSPS) is 28.9. The van der Waals surface area contributed by atoms with Crippen LogP contribution in [0.4, 0.5) is 11.4 Å². The second-order valence-electron chi connectivity index (χ2n) is 11.8. The largest absolute Gasteiger partial charge is 0.454 e. The Morgan fingerprint density at radius 2 is 1.58 bits per heavy atom. The molecule has 5 aromatic rings. The summed E-state index contributed by atoms with van der Waals surface area (Å²) in [6.45, 7) is 0. The summed E-state index contributed by atoms with van der Waals surface area (Å²) < 4.78 is 6.38. The van der Waals surface area contributed by atoms with Crippen LogP contribution < -0.4 is 4.90 Å². The maximum atomic E-state index is 6.38. The van der Waals surface area contributed by atoms with Gasteiger partial charge in [-0.15, -0.1) is 0 Å². The maximum Gasteiger partial charge on any atom is 0.159 e. The highest BCUT2D eigenvalue weighted by Crippen LogP contribution is 2.80. The van der Waals surface area contributed by atoms with Crippen LogP contribution in [0.25, 0.3) is 33.1 Å². The highest BCUT2D eigenvalue weighted by Gasteiger charge is 2.70. The van der Waals surface area contributed by atoms with Gasteiger partial charge in [0.15, 0.2) is 5.58 Å². The minimum Gasteiger partial charge on any atom is -0.454 e. The lowest BCUT2D eigenvalue weighted by atomic mass is 9.37. The van der Waals surface area contributed by atoms with Gasteiger partial charge in [-0.05, 0) is 101 Å². The molecule has 2 bridgehead atoms. The average molecular weight is 468 g/mol. The van der Waals surface area contributed by atoms with Crippen LogP contribution in [0.3, 0.4) is 0 Å². The molecule has 9 rings (SSSR count). The fraction of sp³-hybridized carbons (Fsp3) is 0.294. The Balaban J connectivity index is 1.23. The molecule has 0 saturated heterocycles. The summed E-state index contributed by atoms with van der Waals surface area (Å²) in [6, 6.07) is 31.5. The first-order valence-corrected chi connectivity index (χ1v) is 13.6. The van der Waals surface area contributed by atoms with Crippen molar-refractivity contribution in [2.75, 3.05) is 11.9 Å². The van der Waals surface area contributed by atoms with E-state index in [1.54, 1.807) is 11.1 Å². The van der Waals surface area contributed by atoms with Crippen LogP contribution in [-0.2, 0) is 0 Å². The molecule has 3 fully saturated rings. The van der Waals surface area contributed by atoms with Crippen LogP contribution in [0.1, 0.15) is 48.6 Å². The molecule has 0 aliphatic heterocycles. The van der Waals surface area contributed by atoms with Gasteiger partial charge in [0, 0.05) is 23.5 Å². The van der Waals surface area contributed by atoms with E-state index >= 15 is 0 Å². The highest BCUT2D eigenvalue weighted by molar-refractivity contribution is 6.09. The third-order valence-electron chi connectivity index (χ3n) is 10.7. The molecule has 0 radical (unpaired) electrons. The molecular formula is C34H29NO. The summed E-state index contributed by atoms with van der Waals surface area (Å²) in [7, 11) is 2.18. The molecule has 3 saturated carbocycles. The molecule has 5 unspecified atom stereocenters. The van der Waals surface area contributed by atoms with Crippen molar-refractivity contribution >= 4 is 33.3 Å². The Hall–Kier alpha value is -3.52. The second kappa shape index (κ2) is 6.62. The zero-order valence-electron chi connectivity index (χ0n) is 20.6. The molecule has 4 aliphatic carbocycles. The Morgan fingerprint density at radius 1 is 0.750 bits per heavy atom. The minimum atomic E-state index is 0.597. The van der Waals surface area contributed by atoms with Crippen molar-refractivity contribution in [3.8, 4) is 11.1 Å². The molecule has 36 heavy (non-hydrogen) atoms. The van der Waals surface area contributed by atoms with E-state index < -0.39 is 0 Å². The minimum absolute atomic E-state index is 0.597. The number of furan rings is 1. The predicted molar refractivity (Wildman–Crippen MR) is 147 cm³/mol. The molecule has 1 aromatic heterocycles. The summed E-state index contributed by atoms with van der Waals surface area (Å²) in [5, 5.41) is 2.36. The number of hydrogen-bond acceptors (Lipinski definition) is 2. The van der Waals surface area contributed by atoms with E-state index in [4.69, 9.17) is 4.42 Å². The molecule has 2 heteroatoms. The second-order valence-corrected chi connectivity index (χ2v) is 11.8. The molecule has 1 spiro atoms. The summed E-state index contributed by atoms with van der Waals surface area (Å²) in [5.74, 6) is 3.40. The maximum absolute atomic E-state index is 6.38. The van der Waals surface area contributed by atoms with Gasteiger partial charge in [0.1, 0.15) is 5.58 Å². The van der Waals surface area contributed by atoms with Crippen molar-refractivity contribution in [2.45, 2.75) is 37.5 Å². The average Bonchev–Trinajstić information content (AvgIpc) is 3.47. The first-order chi connectivity index (χ1) is 17.7. The highest BCUT2D eigenvalue weighted by atomic mass is 16.3. The summed E-state index contributed by atoms with van der Waals surface area (Å²) in [5.41, 5.74) is 11.0. The summed E-state index contributed by atoms with van der Waals surface area (Å²) in [6.07, 6.45) is 5.69. The van der Waals surface area contributed by atoms with Crippen molar-refractivity contribution in [2.24, 2.45) is 17.3 Å². The molecule has 2 nitrogen and oxygen atoms in total. The molecule has 0 N–H and O–H groups in total. The van der Waals surface area contributed by atoms with E-state index in [-0.39, 0.29) is 0 Å². The smallest absolute Gasteiger partial charge is 0.159 e. The molecule has 0 amide bonds. The number of nitrogens with zero attached hydrogens (tertiary/aromatic N) is 1. The van der Waals surface area contributed by atoms with E-state index in [1.165, 1.54) is 53.3 Å². The van der Waals surface area contributed by atoms with Crippen LogP contribution >= 0.6 is 0 Å². The lowest BCUT2D eigenvalue weighted by Crippen LogP contribution is -2.58. The van der Waals surface area contributed by atoms with Crippen LogP contribution in [0.15, 0.2) is 89.3 Å². The Labute approximate surface area is 211 Å². The number of anilines is 2. The van der Waals surface area contributed by atoms with E-state index in [2.05, 4.69) is 90.8 Å². The third-order valence-corrected chi connectivity index (χ3v) is 10.7. The molecule has 5 atom stereocenters. The zero-order chi connectivity index (χ0) is 23.6. The zero-order valence-corrected chi connectivity index (χ0v) is 20.6.